The van der Waals surface area contributed by atoms with Crippen molar-refractivity contribution in [2.24, 2.45) is 5.92 Å². The van der Waals surface area contributed by atoms with Gasteiger partial charge in [-0.15, -0.1) is 0 Å². The van der Waals surface area contributed by atoms with Crippen molar-refractivity contribution in [3.05, 3.63) is 0 Å². The SMILES string of the molecule is CCOC(CNCC1CCCC1)OCC. The molecule has 0 aromatic rings. The van der Waals surface area contributed by atoms with E-state index in [9.17, 15) is 0 Å². The van der Waals surface area contributed by atoms with Crippen LogP contribution in [0.2, 0.25) is 0 Å². The van der Waals surface area contributed by atoms with E-state index in [-0.39, 0.29) is 6.29 Å². The second-order valence-electron chi connectivity index (χ2n) is 4.15. The third-order valence-corrected chi connectivity index (χ3v) is 2.92. The van der Waals surface area contributed by atoms with Crippen molar-refractivity contribution in [1.29, 1.82) is 0 Å². The smallest absolute Gasteiger partial charge is 0.169 e. The Labute approximate surface area is 93.5 Å². The fourth-order valence-electron chi connectivity index (χ4n) is 2.16. The van der Waals surface area contributed by atoms with Crippen molar-refractivity contribution in [2.75, 3.05) is 26.3 Å². The van der Waals surface area contributed by atoms with Gasteiger partial charge in [0.25, 0.3) is 0 Å². The van der Waals surface area contributed by atoms with Gasteiger partial charge >= 0.3 is 0 Å². The first-order chi connectivity index (χ1) is 7.36. The van der Waals surface area contributed by atoms with Crippen LogP contribution < -0.4 is 5.32 Å². The van der Waals surface area contributed by atoms with Gasteiger partial charge in [-0.1, -0.05) is 12.8 Å². The van der Waals surface area contributed by atoms with Crippen molar-refractivity contribution < 1.29 is 9.47 Å². The Balaban J connectivity index is 2.04. The summed E-state index contributed by atoms with van der Waals surface area (Å²) in [6.45, 7) is 7.38. The van der Waals surface area contributed by atoms with Crippen molar-refractivity contribution in [1.82, 2.24) is 5.32 Å². The Morgan fingerprint density at radius 1 is 1.13 bits per heavy atom. The Kier molecular flexibility index (Phi) is 6.98. The molecule has 0 spiro atoms. The van der Waals surface area contributed by atoms with E-state index in [2.05, 4.69) is 5.32 Å². The van der Waals surface area contributed by atoms with Gasteiger partial charge < -0.3 is 14.8 Å². The van der Waals surface area contributed by atoms with Gasteiger partial charge in [0.2, 0.25) is 0 Å². The maximum Gasteiger partial charge on any atom is 0.169 e. The van der Waals surface area contributed by atoms with E-state index in [0.29, 0.717) is 0 Å². The number of ether oxygens (including phenoxy) is 2. The summed E-state index contributed by atoms with van der Waals surface area (Å²) in [5.41, 5.74) is 0. The van der Waals surface area contributed by atoms with Crippen molar-refractivity contribution in [3.8, 4) is 0 Å². The highest BCUT2D eigenvalue weighted by Gasteiger charge is 2.15. The molecule has 0 aromatic carbocycles. The molecule has 1 rings (SSSR count). The minimum atomic E-state index is -0.0681. The standard InChI is InChI=1S/C12H25NO2/c1-3-14-12(15-4-2)10-13-9-11-7-5-6-8-11/h11-13H,3-10H2,1-2H3. The van der Waals surface area contributed by atoms with E-state index >= 15 is 0 Å². The van der Waals surface area contributed by atoms with Crippen LogP contribution in [0.1, 0.15) is 39.5 Å². The molecule has 0 radical (unpaired) electrons. The lowest BCUT2D eigenvalue weighted by Crippen LogP contribution is -2.34. The van der Waals surface area contributed by atoms with Crippen molar-refractivity contribution in [3.63, 3.8) is 0 Å². The topological polar surface area (TPSA) is 30.5 Å². The van der Waals surface area contributed by atoms with Gasteiger partial charge in [0.05, 0.1) is 0 Å². The van der Waals surface area contributed by atoms with Gasteiger partial charge in [0, 0.05) is 19.8 Å². The molecule has 0 aromatic heterocycles. The van der Waals surface area contributed by atoms with Crippen LogP contribution in [-0.2, 0) is 9.47 Å². The van der Waals surface area contributed by atoms with Crippen LogP contribution in [0.4, 0.5) is 0 Å². The average Bonchev–Trinajstić information content (AvgIpc) is 2.71. The summed E-state index contributed by atoms with van der Waals surface area (Å²) in [5, 5.41) is 3.45. The third kappa shape index (κ3) is 5.50. The molecular weight excluding hydrogens is 190 g/mol. The highest BCUT2D eigenvalue weighted by Crippen LogP contribution is 2.23. The van der Waals surface area contributed by atoms with Gasteiger partial charge in [0.1, 0.15) is 0 Å². The zero-order valence-corrected chi connectivity index (χ0v) is 10.1. The minimum Gasteiger partial charge on any atom is -0.352 e. The fraction of sp³-hybridized carbons (Fsp3) is 1.00. The molecule has 1 saturated carbocycles. The quantitative estimate of drug-likeness (QED) is 0.629. The molecule has 1 N–H and O–H groups in total. The van der Waals surface area contributed by atoms with Crippen LogP contribution in [-0.4, -0.2) is 32.6 Å². The minimum absolute atomic E-state index is 0.0681. The zero-order chi connectivity index (χ0) is 10.9. The van der Waals surface area contributed by atoms with Crippen LogP contribution in [0.25, 0.3) is 0 Å². The van der Waals surface area contributed by atoms with E-state index in [0.717, 1.165) is 32.2 Å². The predicted molar refractivity (Wildman–Crippen MR) is 61.9 cm³/mol. The molecule has 0 amide bonds. The molecule has 0 unspecified atom stereocenters. The van der Waals surface area contributed by atoms with E-state index in [1.165, 1.54) is 25.7 Å². The van der Waals surface area contributed by atoms with Crippen molar-refractivity contribution >= 4 is 0 Å². The lowest BCUT2D eigenvalue weighted by molar-refractivity contribution is -0.133. The molecule has 1 aliphatic carbocycles. The molecule has 0 bridgehead atoms. The highest BCUT2D eigenvalue weighted by molar-refractivity contribution is 4.69. The summed E-state index contributed by atoms with van der Waals surface area (Å²) in [5.74, 6) is 0.883. The monoisotopic (exact) mass is 215 g/mol. The second-order valence-corrected chi connectivity index (χ2v) is 4.15. The van der Waals surface area contributed by atoms with Gasteiger partial charge in [-0.2, -0.15) is 0 Å². The Morgan fingerprint density at radius 3 is 2.27 bits per heavy atom. The molecule has 3 nitrogen and oxygen atoms in total. The van der Waals surface area contributed by atoms with Crippen LogP contribution in [0.15, 0.2) is 0 Å². The first kappa shape index (κ1) is 12.9. The Hall–Kier alpha value is -0.120. The fourth-order valence-corrected chi connectivity index (χ4v) is 2.16. The van der Waals surface area contributed by atoms with E-state index in [1.807, 2.05) is 13.8 Å². The molecule has 0 saturated heterocycles. The van der Waals surface area contributed by atoms with Gasteiger partial charge in [-0.25, -0.2) is 0 Å². The van der Waals surface area contributed by atoms with Crippen LogP contribution in [0.3, 0.4) is 0 Å². The summed E-state index contributed by atoms with van der Waals surface area (Å²) >= 11 is 0. The van der Waals surface area contributed by atoms with Gasteiger partial charge in [-0.3, -0.25) is 0 Å². The molecule has 1 fully saturated rings. The lowest BCUT2D eigenvalue weighted by atomic mass is 10.1. The Bertz CT molecular complexity index is 141. The molecule has 0 atom stereocenters. The Morgan fingerprint density at radius 2 is 1.73 bits per heavy atom. The largest absolute Gasteiger partial charge is 0.352 e. The molecule has 0 aliphatic heterocycles. The van der Waals surface area contributed by atoms with Crippen LogP contribution >= 0.6 is 0 Å². The highest BCUT2D eigenvalue weighted by atomic mass is 16.7. The van der Waals surface area contributed by atoms with Gasteiger partial charge in [0.15, 0.2) is 6.29 Å². The first-order valence-electron chi connectivity index (χ1n) is 6.30. The summed E-state index contributed by atoms with van der Waals surface area (Å²) in [7, 11) is 0. The normalized spacial score (nSPS) is 17.8. The molecular formula is C12H25NO2. The number of hydrogen-bond acceptors (Lipinski definition) is 3. The van der Waals surface area contributed by atoms with E-state index in [4.69, 9.17) is 9.47 Å². The van der Waals surface area contributed by atoms with Crippen LogP contribution in [0, 0.1) is 5.92 Å². The lowest BCUT2D eigenvalue weighted by Gasteiger charge is -2.18. The summed E-state index contributed by atoms with van der Waals surface area (Å²) < 4.78 is 10.9. The zero-order valence-electron chi connectivity index (χ0n) is 10.1. The molecule has 1 aliphatic rings. The van der Waals surface area contributed by atoms with E-state index in [1.54, 1.807) is 0 Å². The summed E-state index contributed by atoms with van der Waals surface area (Å²) in [6, 6.07) is 0. The summed E-state index contributed by atoms with van der Waals surface area (Å²) in [4.78, 5) is 0. The number of rotatable bonds is 8. The van der Waals surface area contributed by atoms with E-state index < -0.39 is 0 Å². The molecule has 15 heavy (non-hydrogen) atoms. The maximum atomic E-state index is 5.46. The predicted octanol–water partition coefficient (Wildman–Crippen LogP) is 2.17. The van der Waals surface area contributed by atoms with Crippen LogP contribution in [0.5, 0.6) is 0 Å². The number of nitrogens with one attached hydrogen (secondary N) is 1. The number of hydrogen-bond donors (Lipinski definition) is 1. The first-order valence-corrected chi connectivity index (χ1v) is 6.30. The maximum absolute atomic E-state index is 5.46. The van der Waals surface area contributed by atoms with Crippen molar-refractivity contribution in [2.45, 2.75) is 45.8 Å². The average molecular weight is 215 g/mol. The van der Waals surface area contributed by atoms with Gasteiger partial charge in [-0.05, 0) is 39.2 Å². The summed E-state index contributed by atoms with van der Waals surface area (Å²) in [6.07, 6.45) is 5.53. The second kappa shape index (κ2) is 8.08. The molecule has 0 heterocycles. The molecule has 3 heteroatoms. The third-order valence-electron chi connectivity index (χ3n) is 2.92. The molecule has 90 valence electrons.